The van der Waals surface area contributed by atoms with Gasteiger partial charge in [0.2, 0.25) is 0 Å². The maximum atomic E-state index is 5.48. The summed E-state index contributed by atoms with van der Waals surface area (Å²) >= 11 is 0. The van der Waals surface area contributed by atoms with E-state index in [1.165, 1.54) is 33.1 Å². The minimum atomic E-state index is 0.580. The van der Waals surface area contributed by atoms with Crippen molar-refractivity contribution in [3.63, 3.8) is 0 Å². The molecule has 22 heavy (non-hydrogen) atoms. The van der Waals surface area contributed by atoms with E-state index in [1.54, 1.807) is 7.11 Å². The molecule has 0 amide bonds. The van der Waals surface area contributed by atoms with E-state index in [0.717, 1.165) is 25.7 Å². The molecule has 0 aliphatic rings. The lowest BCUT2D eigenvalue weighted by atomic mass is 10.0. The predicted molar refractivity (Wildman–Crippen MR) is 92.2 cm³/mol. The van der Waals surface area contributed by atoms with Crippen molar-refractivity contribution < 1.29 is 4.74 Å². The highest BCUT2D eigenvalue weighted by Gasteiger charge is 2.16. The zero-order valence-corrected chi connectivity index (χ0v) is 13.7. The molecule has 3 heteroatoms. The summed E-state index contributed by atoms with van der Waals surface area (Å²) in [6.07, 6.45) is 6.42. The van der Waals surface area contributed by atoms with Crippen LogP contribution in [0.5, 0.6) is 0 Å². The van der Waals surface area contributed by atoms with Crippen LogP contribution in [0.2, 0.25) is 0 Å². The fraction of sp³-hybridized carbons (Fsp3) is 0.421. The Hall–Kier alpha value is -1.87. The SMILES string of the molecule is CCCc1ncc2c3ccccc3n(COC)c2c1CCC. The predicted octanol–water partition coefficient (Wildman–Crippen LogP) is 4.70. The van der Waals surface area contributed by atoms with Crippen LogP contribution in [0.1, 0.15) is 37.9 Å². The van der Waals surface area contributed by atoms with Crippen LogP contribution in [0.3, 0.4) is 0 Å². The van der Waals surface area contributed by atoms with Crippen LogP contribution in [0.15, 0.2) is 30.5 Å². The monoisotopic (exact) mass is 296 g/mol. The molecule has 2 heterocycles. The van der Waals surface area contributed by atoms with Gasteiger partial charge in [0.25, 0.3) is 0 Å². The second-order valence-corrected chi connectivity index (χ2v) is 5.81. The highest BCUT2D eigenvalue weighted by atomic mass is 16.5. The third-order valence-electron chi connectivity index (χ3n) is 4.24. The van der Waals surface area contributed by atoms with Crippen LogP contribution in [-0.2, 0) is 24.3 Å². The molecule has 116 valence electrons. The number of aryl methyl sites for hydroxylation is 2. The topological polar surface area (TPSA) is 27.1 Å². The van der Waals surface area contributed by atoms with Gasteiger partial charge in [-0.3, -0.25) is 4.98 Å². The Labute approximate surface area is 131 Å². The van der Waals surface area contributed by atoms with Gasteiger partial charge in [-0.05, 0) is 24.5 Å². The fourth-order valence-corrected chi connectivity index (χ4v) is 3.37. The Balaban J connectivity index is 2.39. The molecule has 3 aromatic rings. The summed E-state index contributed by atoms with van der Waals surface area (Å²) in [4.78, 5) is 4.78. The van der Waals surface area contributed by atoms with Gasteiger partial charge in [-0.2, -0.15) is 0 Å². The Bertz CT molecular complexity index is 789. The molecule has 0 bridgehead atoms. The minimum Gasteiger partial charge on any atom is -0.364 e. The number of aromatic nitrogens is 2. The molecule has 0 unspecified atom stereocenters. The first-order valence-electron chi connectivity index (χ1n) is 8.18. The Morgan fingerprint density at radius 2 is 1.82 bits per heavy atom. The Kier molecular flexibility index (Phi) is 4.44. The van der Waals surface area contributed by atoms with Crippen molar-refractivity contribution in [1.82, 2.24) is 9.55 Å². The van der Waals surface area contributed by atoms with Gasteiger partial charge < -0.3 is 9.30 Å². The van der Waals surface area contributed by atoms with E-state index in [4.69, 9.17) is 9.72 Å². The van der Waals surface area contributed by atoms with Gasteiger partial charge in [-0.25, -0.2) is 0 Å². The number of nitrogens with zero attached hydrogens (tertiary/aromatic N) is 2. The third-order valence-corrected chi connectivity index (χ3v) is 4.24. The number of para-hydroxylation sites is 1. The van der Waals surface area contributed by atoms with Crippen LogP contribution in [0.4, 0.5) is 0 Å². The van der Waals surface area contributed by atoms with Crippen molar-refractivity contribution in [1.29, 1.82) is 0 Å². The second kappa shape index (κ2) is 6.49. The van der Waals surface area contributed by atoms with Crippen molar-refractivity contribution in [2.75, 3.05) is 7.11 Å². The lowest BCUT2D eigenvalue weighted by Gasteiger charge is -2.13. The average Bonchev–Trinajstić information content (AvgIpc) is 2.85. The van der Waals surface area contributed by atoms with E-state index in [-0.39, 0.29) is 0 Å². The quantitative estimate of drug-likeness (QED) is 0.659. The van der Waals surface area contributed by atoms with E-state index >= 15 is 0 Å². The second-order valence-electron chi connectivity index (χ2n) is 5.81. The molecule has 0 spiro atoms. The molecular weight excluding hydrogens is 272 g/mol. The molecular formula is C19H24N2O. The normalized spacial score (nSPS) is 11.6. The lowest BCUT2D eigenvalue weighted by molar-refractivity contribution is 0.138. The largest absolute Gasteiger partial charge is 0.364 e. The molecule has 0 atom stereocenters. The van der Waals surface area contributed by atoms with Crippen molar-refractivity contribution in [2.24, 2.45) is 0 Å². The highest BCUT2D eigenvalue weighted by Crippen LogP contribution is 2.32. The van der Waals surface area contributed by atoms with E-state index in [9.17, 15) is 0 Å². The Morgan fingerprint density at radius 3 is 2.55 bits per heavy atom. The maximum absolute atomic E-state index is 5.48. The van der Waals surface area contributed by atoms with Gasteiger partial charge in [0, 0.05) is 29.8 Å². The molecule has 0 saturated carbocycles. The van der Waals surface area contributed by atoms with Gasteiger partial charge >= 0.3 is 0 Å². The maximum Gasteiger partial charge on any atom is 0.123 e. The van der Waals surface area contributed by atoms with E-state index in [2.05, 4.69) is 42.7 Å². The molecule has 0 N–H and O–H groups in total. The average molecular weight is 296 g/mol. The van der Waals surface area contributed by atoms with E-state index in [0.29, 0.717) is 6.73 Å². The summed E-state index contributed by atoms with van der Waals surface area (Å²) in [7, 11) is 1.76. The molecule has 2 aromatic heterocycles. The first-order chi connectivity index (χ1) is 10.8. The molecule has 0 fully saturated rings. The number of hydrogen-bond acceptors (Lipinski definition) is 2. The summed E-state index contributed by atoms with van der Waals surface area (Å²) < 4.78 is 7.78. The van der Waals surface area contributed by atoms with Crippen molar-refractivity contribution in [3.8, 4) is 0 Å². The van der Waals surface area contributed by atoms with Gasteiger partial charge in [0.15, 0.2) is 0 Å². The summed E-state index contributed by atoms with van der Waals surface area (Å²) in [5.41, 5.74) is 5.18. The van der Waals surface area contributed by atoms with Crippen LogP contribution < -0.4 is 0 Å². The molecule has 0 aliphatic carbocycles. The number of hydrogen-bond donors (Lipinski definition) is 0. The molecule has 0 aliphatic heterocycles. The number of methoxy groups -OCH3 is 1. The molecule has 3 rings (SSSR count). The van der Waals surface area contributed by atoms with Gasteiger partial charge in [0.1, 0.15) is 6.73 Å². The zero-order valence-electron chi connectivity index (χ0n) is 13.7. The van der Waals surface area contributed by atoms with Crippen LogP contribution in [0, 0.1) is 0 Å². The summed E-state index contributed by atoms with van der Waals surface area (Å²) in [6, 6.07) is 8.54. The fourth-order valence-electron chi connectivity index (χ4n) is 3.37. The van der Waals surface area contributed by atoms with Crippen molar-refractivity contribution >= 4 is 21.8 Å². The van der Waals surface area contributed by atoms with E-state index < -0.39 is 0 Å². The number of rotatable bonds is 6. The Morgan fingerprint density at radius 1 is 1.05 bits per heavy atom. The van der Waals surface area contributed by atoms with Crippen molar-refractivity contribution in [3.05, 3.63) is 41.7 Å². The number of fused-ring (bicyclic) bond motifs is 3. The first-order valence-corrected chi connectivity index (χ1v) is 8.18. The summed E-state index contributed by atoms with van der Waals surface area (Å²) in [5.74, 6) is 0. The summed E-state index contributed by atoms with van der Waals surface area (Å²) in [6.45, 7) is 5.03. The third kappa shape index (κ3) is 2.40. The highest BCUT2D eigenvalue weighted by molar-refractivity contribution is 6.08. The van der Waals surface area contributed by atoms with E-state index in [1.807, 2.05) is 6.20 Å². The van der Waals surface area contributed by atoms with Gasteiger partial charge in [0.05, 0.1) is 11.0 Å². The standard InChI is InChI=1S/C19H24N2O/c1-4-8-15-17(9-5-2)20-12-16-14-10-6-7-11-18(14)21(13-22-3)19(15)16/h6-7,10-12H,4-5,8-9,13H2,1-3H3. The number of pyridine rings is 1. The lowest BCUT2D eigenvalue weighted by Crippen LogP contribution is -2.05. The molecule has 0 saturated heterocycles. The van der Waals surface area contributed by atoms with Crippen LogP contribution in [-0.4, -0.2) is 16.7 Å². The van der Waals surface area contributed by atoms with Gasteiger partial charge in [-0.15, -0.1) is 0 Å². The number of benzene rings is 1. The molecule has 1 aromatic carbocycles. The van der Waals surface area contributed by atoms with Crippen LogP contribution >= 0.6 is 0 Å². The summed E-state index contributed by atoms with van der Waals surface area (Å²) in [5, 5.41) is 2.51. The van der Waals surface area contributed by atoms with Gasteiger partial charge in [-0.1, -0.05) is 44.9 Å². The zero-order chi connectivity index (χ0) is 15.5. The number of ether oxygens (including phenoxy) is 1. The van der Waals surface area contributed by atoms with Crippen LogP contribution in [0.25, 0.3) is 21.8 Å². The first kappa shape index (κ1) is 15.0. The minimum absolute atomic E-state index is 0.580. The smallest absolute Gasteiger partial charge is 0.123 e. The molecule has 0 radical (unpaired) electrons. The van der Waals surface area contributed by atoms with Crippen molar-refractivity contribution in [2.45, 2.75) is 46.3 Å². The molecule has 3 nitrogen and oxygen atoms in total.